The first-order chi connectivity index (χ1) is 32.3. The first-order valence-corrected chi connectivity index (χ1v) is 25.5. The van der Waals surface area contributed by atoms with Gasteiger partial charge in [0.05, 0.1) is 11.2 Å². The molecule has 9 aromatic carbocycles. The Morgan fingerprint density at radius 1 is 0.455 bits per heavy atom. The van der Waals surface area contributed by atoms with Gasteiger partial charge in [-0.15, -0.1) is 0 Å². The van der Waals surface area contributed by atoms with Gasteiger partial charge >= 0.3 is 0 Å². The summed E-state index contributed by atoms with van der Waals surface area (Å²) in [6, 6.07) is 80.4. The van der Waals surface area contributed by atoms with Gasteiger partial charge in [0.1, 0.15) is 5.58 Å². The van der Waals surface area contributed by atoms with E-state index in [1.165, 1.54) is 70.9 Å². The Kier molecular flexibility index (Phi) is 7.57. The van der Waals surface area contributed by atoms with Crippen LogP contribution < -0.4 is 46.9 Å². The normalized spacial score (nSPS) is 19.4. The average molecular weight is 863 g/mol. The molecule has 2 atom stereocenters. The summed E-state index contributed by atoms with van der Waals surface area (Å²) in [6.45, 7) is 10.1. The third-order valence-electron chi connectivity index (χ3n) is 17.0. The first-order valence-electron chi connectivity index (χ1n) is 23.5. The quantitative estimate of drug-likeness (QED) is 0.127. The van der Waals surface area contributed by atoms with Crippen LogP contribution in [-0.2, 0) is 16.4 Å². The standard InChI is InChI=1S/C61H47BN2OSi/c1-59(2)47-31-18-19-32-48(47)61(4)60(59,3)49-33-21-34-50-56(49)64(61)53-39-44(66(41-24-11-6-12-25-41,42-26-13-7-14-27-42)43-28-15-8-16-29-43)38-52-55(53)62(50)51-37-36-46-45-30-17-20-35-54(45)65-58(46)57(51)63(52)40-22-9-5-10-23-40/h5-39H,1-4H3. The molecule has 2 unspecified atom stereocenters. The Morgan fingerprint density at radius 3 is 1.67 bits per heavy atom. The minimum atomic E-state index is -3.08. The lowest BCUT2D eigenvalue weighted by atomic mass is 9.33. The van der Waals surface area contributed by atoms with Crippen LogP contribution in [0.3, 0.4) is 0 Å². The predicted octanol–water partition coefficient (Wildman–Crippen LogP) is 10.2. The average Bonchev–Trinajstić information content (AvgIpc) is 3.90. The van der Waals surface area contributed by atoms with E-state index in [1.807, 2.05) is 0 Å². The van der Waals surface area contributed by atoms with Gasteiger partial charge in [0.2, 0.25) is 0 Å². The molecule has 0 spiro atoms. The van der Waals surface area contributed by atoms with Crippen molar-refractivity contribution in [3.8, 4) is 0 Å². The van der Waals surface area contributed by atoms with Gasteiger partial charge in [-0.3, -0.25) is 0 Å². The molecule has 4 aliphatic rings. The minimum Gasteiger partial charge on any atom is -0.454 e. The Balaban J connectivity index is 1.20. The fourth-order valence-electron chi connectivity index (χ4n) is 13.8. The highest BCUT2D eigenvalue weighted by Gasteiger charge is 2.71. The van der Waals surface area contributed by atoms with Crippen LogP contribution in [0, 0.1) is 0 Å². The maximum atomic E-state index is 7.13. The molecule has 1 aromatic heterocycles. The molecule has 1 aliphatic carbocycles. The van der Waals surface area contributed by atoms with Crippen LogP contribution in [0.15, 0.2) is 217 Å². The van der Waals surface area contributed by atoms with Crippen molar-refractivity contribution >= 4 is 102 Å². The summed E-state index contributed by atoms with van der Waals surface area (Å²) in [7, 11) is -3.08. The summed E-state index contributed by atoms with van der Waals surface area (Å²) >= 11 is 0. The fourth-order valence-corrected chi connectivity index (χ4v) is 18.6. The summed E-state index contributed by atoms with van der Waals surface area (Å²) in [5.41, 5.74) is 15.3. The third-order valence-corrected chi connectivity index (χ3v) is 21.8. The van der Waals surface area contributed by atoms with Gasteiger partial charge in [-0.25, -0.2) is 0 Å². The van der Waals surface area contributed by atoms with Crippen LogP contribution in [0.4, 0.5) is 28.4 Å². The van der Waals surface area contributed by atoms with E-state index in [4.69, 9.17) is 4.42 Å². The van der Waals surface area contributed by atoms with Gasteiger partial charge in [0, 0.05) is 44.4 Å². The summed E-state index contributed by atoms with van der Waals surface area (Å²) in [5, 5.41) is 7.69. The highest BCUT2D eigenvalue weighted by molar-refractivity contribution is 7.20. The summed E-state index contributed by atoms with van der Waals surface area (Å²) < 4.78 is 7.13. The number of anilines is 5. The summed E-state index contributed by atoms with van der Waals surface area (Å²) in [6.07, 6.45) is 0. The Labute approximate surface area is 387 Å². The molecule has 314 valence electrons. The molecule has 66 heavy (non-hydrogen) atoms. The molecule has 4 heterocycles. The van der Waals surface area contributed by atoms with Crippen molar-refractivity contribution < 1.29 is 4.42 Å². The topological polar surface area (TPSA) is 19.6 Å². The van der Waals surface area contributed by atoms with E-state index in [1.54, 1.807) is 0 Å². The second-order valence-corrected chi connectivity index (χ2v) is 23.6. The van der Waals surface area contributed by atoms with E-state index in [9.17, 15) is 0 Å². The predicted molar refractivity (Wildman–Crippen MR) is 279 cm³/mol. The number of nitrogens with zero attached hydrogens (tertiary/aromatic N) is 2. The lowest BCUT2D eigenvalue weighted by Gasteiger charge is -2.51. The molecular formula is C61H47BN2OSi. The Hall–Kier alpha value is -7.34. The summed E-state index contributed by atoms with van der Waals surface area (Å²) in [4.78, 5) is 5.41. The number of benzene rings is 9. The van der Waals surface area contributed by atoms with Crippen molar-refractivity contribution in [2.24, 2.45) is 0 Å². The largest absolute Gasteiger partial charge is 0.454 e. The van der Waals surface area contributed by atoms with Crippen LogP contribution in [0.25, 0.3) is 21.9 Å². The van der Waals surface area contributed by atoms with Crippen LogP contribution in [0.2, 0.25) is 0 Å². The molecule has 0 fully saturated rings. The Morgan fingerprint density at radius 2 is 1.00 bits per heavy atom. The SMILES string of the molecule is CC1(C)c2ccccc2C2(C)N3c4cc([Si](c5ccccc5)(c5ccccc5)c5ccccc5)cc5c4B(c4cccc(c43)C12C)c1ccc2c(oc3ccccc32)c1N5c1ccccc1. The van der Waals surface area contributed by atoms with Crippen molar-refractivity contribution in [1.82, 2.24) is 0 Å². The molecule has 3 aliphatic heterocycles. The van der Waals surface area contributed by atoms with Crippen LogP contribution >= 0.6 is 0 Å². The van der Waals surface area contributed by atoms with Gasteiger partial charge in [0.25, 0.3) is 6.71 Å². The maximum absolute atomic E-state index is 7.13. The third kappa shape index (κ3) is 4.40. The van der Waals surface area contributed by atoms with Crippen molar-refractivity contribution in [3.63, 3.8) is 0 Å². The van der Waals surface area contributed by atoms with Gasteiger partial charge in [-0.2, -0.15) is 0 Å². The molecule has 5 heteroatoms. The second-order valence-electron chi connectivity index (χ2n) is 19.8. The number of hydrogen-bond donors (Lipinski definition) is 0. The van der Waals surface area contributed by atoms with E-state index in [0.717, 1.165) is 33.3 Å². The van der Waals surface area contributed by atoms with Crippen molar-refractivity contribution in [2.75, 3.05) is 9.80 Å². The molecule has 0 amide bonds. The molecule has 0 saturated heterocycles. The molecule has 0 saturated carbocycles. The number of hydrogen-bond acceptors (Lipinski definition) is 3. The number of furan rings is 1. The van der Waals surface area contributed by atoms with E-state index in [0.29, 0.717) is 0 Å². The smallest absolute Gasteiger partial charge is 0.252 e. The molecular weight excluding hydrogens is 816 g/mol. The van der Waals surface area contributed by atoms with Crippen molar-refractivity contribution in [1.29, 1.82) is 0 Å². The molecule has 0 bridgehead atoms. The van der Waals surface area contributed by atoms with Crippen LogP contribution in [0.5, 0.6) is 0 Å². The second kappa shape index (κ2) is 13.1. The zero-order valence-electron chi connectivity index (χ0n) is 37.6. The minimum absolute atomic E-state index is 0.0477. The first kappa shape index (κ1) is 38.0. The van der Waals surface area contributed by atoms with Gasteiger partial charge in [0.15, 0.2) is 13.7 Å². The van der Waals surface area contributed by atoms with E-state index in [-0.39, 0.29) is 17.5 Å². The molecule has 3 nitrogen and oxygen atoms in total. The molecule has 0 N–H and O–H groups in total. The highest BCUT2D eigenvalue weighted by atomic mass is 28.3. The van der Waals surface area contributed by atoms with Crippen molar-refractivity contribution in [2.45, 2.75) is 44.1 Å². The number of fused-ring (bicyclic) bond motifs is 13. The lowest BCUT2D eigenvalue weighted by molar-refractivity contribution is 0.208. The summed E-state index contributed by atoms with van der Waals surface area (Å²) in [5.74, 6) is 0. The van der Waals surface area contributed by atoms with Crippen LogP contribution in [-0.4, -0.2) is 14.8 Å². The van der Waals surface area contributed by atoms with E-state index >= 15 is 0 Å². The molecule has 10 aromatic rings. The van der Waals surface area contributed by atoms with Gasteiger partial charge in [-0.1, -0.05) is 203 Å². The Bertz CT molecular complexity index is 3530. The lowest BCUT2D eigenvalue weighted by Crippen LogP contribution is -2.75. The van der Waals surface area contributed by atoms with Gasteiger partial charge in [-0.05, 0) is 91.1 Å². The molecule has 0 radical (unpaired) electrons. The monoisotopic (exact) mass is 862 g/mol. The number of rotatable bonds is 5. The zero-order chi connectivity index (χ0) is 44.2. The number of para-hydroxylation sites is 3. The molecule has 14 rings (SSSR count). The maximum Gasteiger partial charge on any atom is 0.252 e. The highest BCUT2D eigenvalue weighted by Crippen LogP contribution is 2.71. The fraction of sp³-hybridized carbons (Fsp3) is 0.115. The van der Waals surface area contributed by atoms with E-state index < -0.39 is 13.6 Å². The van der Waals surface area contributed by atoms with Gasteiger partial charge < -0.3 is 14.2 Å². The van der Waals surface area contributed by atoms with Crippen molar-refractivity contribution in [3.05, 3.63) is 229 Å². The zero-order valence-corrected chi connectivity index (χ0v) is 38.6. The van der Waals surface area contributed by atoms with Crippen LogP contribution in [0.1, 0.15) is 44.4 Å². The van der Waals surface area contributed by atoms with E-state index in [2.05, 4.69) is 250 Å².